The number of carbonyl (C=O) groups excluding carboxylic acids is 1. The molecule has 1 unspecified atom stereocenters. The number of likely N-dealkylation sites (tertiary alicyclic amines) is 1. The Morgan fingerprint density at radius 2 is 1.76 bits per heavy atom. The number of rotatable bonds is 8. The lowest BCUT2D eigenvalue weighted by Gasteiger charge is -2.33. The van der Waals surface area contributed by atoms with E-state index in [4.69, 9.17) is 4.99 Å². The number of piperidine rings is 1. The molecule has 1 atom stereocenters. The summed E-state index contributed by atoms with van der Waals surface area (Å²) in [5, 5.41) is 6.84. The largest absolute Gasteiger partial charge is 0.357 e. The maximum Gasteiger partial charge on any atom is 0.253 e. The van der Waals surface area contributed by atoms with Gasteiger partial charge in [-0.25, -0.2) is 4.99 Å². The summed E-state index contributed by atoms with van der Waals surface area (Å²) in [6.45, 7) is 8.70. The molecule has 1 heterocycles. The number of amides is 1. The molecule has 0 aromatic heterocycles. The van der Waals surface area contributed by atoms with Crippen molar-refractivity contribution in [1.82, 2.24) is 20.4 Å². The number of halogens is 1. The number of hydrogen-bond acceptors (Lipinski definition) is 3. The van der Waals surface area contributed by atoms with Gasteiger partial charge in [-0.15, -0.1) is 24.0 Å². The first-order valence-corrected chi connectivity index (χ1v) is 12.1. The lowest BCUT2D eigenvalue weighted by atomic mass is 10.0. The Morgan fingerprint density at radius 1 is 1.06 bits per heavy atom. The molecule has 2 N–H and O–H groups in total. The fourth-order valence-corrected chi connectivity index (χ4v) is 4.20. The van der Waals surface area contributed by atoms with Crippen LogP contribution in [0.25, 0.3) is 0 Å². The average Bonchev–Trinajstić information content (AvgIpc) is 2.83. The molecule has 2 aromatic rings. The maximum absolute atomic E-state index is 12.1. The van der Waals surface area contributed by atoms with Gasteiger partial charge in [0, 0.05) is 45.3 Å². The van der Waals surface area contributed by atoms with Gasteiger partial charge >= 0.3 is 0 Å². The van der Waals surface area contributed by atoms with E-state index in [0.29, 0.717) is 18.2 Å². The Hall–Kier alpha value is -2.13. The van der Waals surface area contributed by atoms with Crippen molar-refractivity contribution < 1.29 is 4.79 Å². The number of guanidine groups is 1. The average molecular weight is 578 g/mol. The molecule has 0 spiro atoms. The van der Waals surface area contributed by atoms with Gasteiger partial charge in [-0.3, -0.25) is 9.69 Å². The van der Waals surface area contributed by atoms with Crippen LogP contribution in [0.3, 0.4) is 0 Å². The highest BCUT2D eigenvalue weighted by atomic mass is 127. The van der Waals surface area contributed by atoms with Crippen LogP contribution in [0.2, 0.25) is 0 Å². The standard InChI is InChI=1S/C27H39N5O.HI/c1-5-28-27(29-18-22-13-15-23(16-14-22)26(33)31(3)4)30-19-24-11-6-7-12-25(24)20-32-17-9-8-10-21(32)2;/h6-7,11-16,21H,5,8-10,17-20H2,1-4H3,(H2,28,29,30);1H. The van der Waals surface area contributed by atoms with Crippen LogP contribution < -0.4 is 10.6 Å². The third kappa shape index (κ3) is 8.27. The van der Waals surface area contributed by atoms with Gasteiger partial charge in [0.2, 0.25) is 0 Å². The molecule has 0 aliphatic carbocycles. The van der Waals surface area contributed by atoms with Crippen LogP contribution in [0.15, 0.2) is 53.5 Å². The van der Waals surface area contributed by atoms with Crippen LogP contribution in [-0.4, -0.2) is 54.9 Å². The minimum atomic E-state index is 0. The fraction of sp³-hybridized carbons (Fsp3) is 0.481. The summed E-state index contributed by atoms with van der Waals surface area (Å²) < 4.78 is 0. The summed E-state index contributed by atoms with van der Waals surface area (Å²) in [5.74, 6) is 0.810. The number of benzene rings is 2. The zero-order valence-electron chi connectivity index (χ0n) is 21.0. The smallest absolute Gasteiger partial charge is 0.253 e. The molecule has 1 saturated heterocycles. The molecule has 3 rings (SSSR count). The van der Waals surface area contributed by atoms with Gasteiger partial charge in [-0.05, 0) is 62.1 Å². The second kappa shape index (κ2) is 14.3. The normalized spacial score (nSPS) is 16.5. The second-order valence-electron chi connectivity index (χ2n) is 9.03. The monoisotopic (exact) mass is 577 g/mol. The minimum absolute atomic E-state index is 0. The van der Waals surface area contributed by atoms with E-state index >= 15 is 0 Å². The first-order chi connectivity index (χ1) is 16.0. The number of hydrogen-bond donors (Lipinski definition) is 2. The summed E-state index contributed by atoms with van der Waals surface area (Å²) in [7, 11) is 3.53. The molecule has 7 heteroatoms. The van der Waals surface area contributed by atoms with Gasteiger partial charge < -0.3 is 15.5 Å². The third-order valence-corrected chi connectivity index (χ3v) is 6.25. The predicted octanol–water partition coefficient (Wildman–Crippen LogP) is 4.64. The second-order valence-corrected chi connectivity index (χ2v) is 9.03. The van der Waals surface area contributed by atoms with Crippen molar-refractivity contribution in [2.75, 3.05) is 27.2 Å². The molecule has 0 bridgehead atoms. The Morgan fingerprint density at radius 3 is 2.41 bits per heavy atom. The van der Waals surface area contributed by atoms with E-state index in [1.54, 1.807) is 19.0 Å². The number of carbonyl (C=O) groups is 1. The predicted molar refractivity (Wildman–Crippen MR) is 152 cm³/mol. The maximum atomic E-state index is 12.1. The topological polar surface area (TPSA) is 60.0 Å². The van der Waals surface area contributed by atoms with Crippen LogP contribution in [0.5, 0.6) is 0 Å². The van der Waals surface area contributed by atoms with Crippen molar-refractivity contribution in [2.24, 2.45) is 4.99 Å². The Kier molecular flexibility index (Phi) is 11.8. The zero-order chi connectivity index (χ0) is 23.6. The molecule has 34 heavy (non-hydrogen) atoms. The van der Waals surface area contributed by atoms with Gasteiger partial charge in [0.1, 0.15) is 0 Å². The van der Waals surface area contributed by atoms with Crippen molar-refractivity contribution in [2.45, 2.75) is 58.8 Å². The molecular formula is C27H40IN5O. The lowest BCUT2D eigenvalue weighted by Crippen LogP contribution is -2.38. The van der Waals surface area contributed by atoms with E-state index in [1.807, 2.05) is 24.3 Å². The first kappa shape index (κ1) is 28.1. The Bertz CT molecular complexity index is 929. The zero-order valence-corrected chi connectivity index (χ0v) is 23.3. The molecule has 1 amide bonds. The van der Waals surface area contributed by atoms with E-state index < -0.39 is 0 Å². The van der Waals surface area contributed by atoms with E-state index in [-0.39, 0.29) is 29.9 Å². The lowest BCUT2D eigenvalue weighted by molar-refractivity contribution is 0.0827. The molecule has 0 radical (unpaired) electrons. The number of nitrogens with one attached hydrogen (secondary N) is 2. The van der Waals surface area contributed by atoms with E-state index in [2.05, 4.69) is 53.6 Å². The Labute approximate surface area is 222 Å². The number of nitrogens with zero attached hydrogens (tertiary/aromatic N) is 3. The summed E-state index contributed by atoms with van der Waals surface area (Å²) in [4.78, 5) is 21.0. The quantitative estimate of drug-likeness (QED) is 0.273. The molecule has 1 fully saturated rings. The molecule has 1 aliphatic heterocycles. The fourth-order valence-electron chi connectivity index (χ4n) is 4.20. The van der Waals surface area contributed by atoms with E-state index in [1.165, 1.54) is 36.9 Å². The summed E-state index contributed by atoms with van der Waals surface area (Å²) >= 11 is 0. The van der Waals surface area contributed by atoms with Crippen LogP contribution in [0.4, 0.5) is 0 Å². The van der Waals surface area contributed by atoms with Gasteiger partial charge in [0.05, 0.1) is 6.54 Å². The highest BCUT2D eigenvalue weighted by Gasteiger charge is 2.19. The van der Waals surface area contributed by atoms with Crippen LogP contribution in [0, 0.1) is 0 Å². The van der Waals surface area contributed by atoms with Crippen LogP contribution in [0.1, 0.15) is 60.2 Å². The van der Waals surface area contributed by atoms with Gasteiger partial charge in [0.15, 0.2) is 5.96 Å². The van der Waals surface area contributed by atoms with Gasteiger partial charge in [0.25, 0.3) is 5.91 Å². The van der Waals surface area contributed by atoms with E-state index in [9.17, 15) is 4.79 Å². The molecule has 0 saturated carbocycles. The SMILES string of the molecule is CCNC(=NCc1ccc(C(=O)N(C)C)cc1)NCc1ccccc1CN1CCCCC1C.I. The van der Waals surface area contributed by atoms with Gasteiger partial charge in [-0.2, -0.15) is 0 Å². The van der Waals surface area contributed by atoms with Crippen molar-refractivity contribution in [3.05, 3.63) is 70.8 Å². The molecule has 186 valence electrons. The summed E-state index contributed by atoms with van der Waals surface area (Å²) in [6, 6.07) is 17.0. The molecule has 2 aromatic carbocycles. The highest BCUT2D eigenvalue weighted by Crippen LogP contribution is 2.20. The van der Waals surface area contributed by atoms with Crippen molar-refractivity contribution in [1.29, 1.82) is 0 Å². The van der Waals surface area contributed by atoms with Crippen LogP contribution >= 0.6 is 24.0 Å². The van der Waals surface area contributed by atoms with Crippen molar-refractivity contribution >= 4 is 35.8 Å². The van der Waals surface area contributed by atoms with Crippen LogP contribution in [-0.2, 0) is 19.6 Å². The third-order valence-electron chi connectivity index (χ3n) is 6.25. The summed E-state index contributed by atoms with van der Waals surface area (Å²) in [5.41, 5.74) is 4.46. The molecule has 6 nitrogen and oxygen atoms in total. The summed E-state index contributed by atoms with van der Waals surface area (Å²) in [6.07, 6.45) is 3.94. The first-order valence-electron chi connectivity index (χ1n) is 12.1. The minimum Gasteiger partial charge on any atom is -0.357 e. The molecule has 1 aliphatic rings. The highest BCUT2D eigenvalue weighted by molar-refractivity contribution is 14.0. The van der Waals surface area contributed by atoms with Crippen molar-refractivity contribution in [3.63, 3.8) is 0 Å². The van der Waals surface area contributed by atoms with E-state index in [0.717, 1.165) is 31.2 Å². The number of aliphatic imine (C=N–C) groups is 1. The van der Waals surface area contributed by atoms with Crippen molar-refractivity contribution in [3.8, 4) is 0 Å². The van der Waals surface area contributed by atoms with Gasteiger partial charge in [-0.1, -0.05) is 42.8 Å². The molecular weight excluding hydrogens is 537 g/mol. The Balaban J connectivity index is 0.00000408.